The van der Waals surface area contributed by atoms with E-state index >= 15 is 0 Å². The lowest BCUT2D eigenvalue weighted by Crippen LogP contribution is -2.28. The average molecular weight is 147 g/mol. The molecule has 0 saturated carbocycles. The van der Waals surface area contributed by atoms with Gasteiger partial charge in [-0.05, 0) is 13.3 Å². The minimum Gasteiger partial charge on any atom is -0.356 e. The Kier molecular flexibility index (Phi) is 5.58. The summed E-state index contributed by atoms with van der Waals surface area (Å²) < 4.78 is 10.1. The van der Waals surface area contributed by atoms with E-state index in [-0.39, 0.29) is 12.5 Å². The molecule has 0 aliphatic rings. The Labute approximate surface area is 62.5 Å². The standard InChI is InChI=1S/C7H17NO2/c1-4-5-7(8)10-6(2)9-3/h6-7H,4-5,8H2,1-3H3. The first-order valence-corrected chi connectivity index (χ1v) is 3.64. The molecule has 0 spiro atoms. The Morgan fingerprint density at radius 3 is 2.50 bits per heavy atom. The Bertz CT molecular complexity index is 78.0. The number of hydrogen-bond donors (Lipinski definition) is 1. The highest BCUT2D eigenvalue weighted by molar-refractivity contribution is 4.45. The molecular formula is C7H17NO2. The molecule has 0 heterocycles. The summed E-state index contributed by atoms with van der Waals surface area (Å²) >= 11 is 0. The maximum atomic E-state index is 5.56. The molecule has 0 aliphatic heterocycles. The first-order chi connectivity index (χ1) is 4.70. The van der Waals surface area contributed by atoms with Gasteiger partial charge >= 0.3 is 0 Å². The van der Waals surface area contributed by atoms with E-state index in [4.69, 9.17) is 15.2 Å². The van der Waals surface area contributed by atoms with Crippen LogP contribution >= 0.6 is 0 Å². The summed E-state index contributed by atoms with van der Waals surface area (Å²) in [6.45, 7) is 3.90. The Morgan fingerprint density at radius 2 is 2.10 bits per heavy atom. The van der Waals surface area contributed by atoms with Gasteiger partial charge in [0, 0.05) is 7.11 Å². The molecule has 0 amide bonds. The van der Waals surface area contributed by atoms with Gasteiger partial charge in [-0.3, -0.25) is 0 Å². The van der Waals surface area contributed by atoms with E-state index in [1.807, 2.05) is 6.92 Å². The molecule has 0 rings (SSSR count). The number of rotatable bonds is 5. The van der Waals surface area contributed by atoms with E-state index in [0.29, 0.717) is 0 Å². The molecule has 10 heavy (non-hydrogen) atoms. The van der Waals surface area contributed by atoms with Gasteiger partial charge in [0.1, 0.15) is 6.23 Å². The van der Waals surface area contributed by atoms with Crippen molar-refractivity contribution in [2.75, 3.05) is 7.11 Å². The molecule has 62 valence electrons. The summed E-state index contributed by atoms with van der Waals surface area (Å²) in [5.41, 5.74) is 5.56. The van der Waals surface area contributed by atoms with E-state index in [0.717, 1.165) is 12.8 Å². The van der Waals surface area contributed by atoms with Crippen LogP contribution in [-0.4, -0.2) is 19.6 Å². The fourth-order valence-corrected chi connectivity index (χ4v) is 0.654. The molecule has 0 saturated heterocycles. The smallest absolute Gasteiger partial charge is 0.156 e. The van der Waals surface area contributed by atoms with Gasteiger partial charge < -0.3 is 15.2 Å². The highest BCUT2D eigenvalue weighted by Crippen LogP contribution is 1.99. The summed E-state index contributed by atoms with van der Waals surface area (Å²) in [7, 11) is 1.60. The van der Waals surface area contributed by atoms with Gasteiger partial charge in [-0.15, -0.1) is 0 Å². The second-order valence-electron chi connectivity index (χ2n) is 2.27. The molecule has 3 heteroatoms. The van der Waals surface area contributed by atoms with Crippen LogP contribution in [0.5, 0.6) is 0 Å². The van der Waals surface area contributed by atoms with E-state index in [9.17, 15) is 0 Å². The van der Waals surface area contributed by atoms with Crippen LogP contribution < -0.4 is 5.73 Å². The van der Waals surface area contributed by atoms with Gasteiger partial charge in [0.05, 0.1) is 0 Å². The molecule has 0 aromatic rings. The molecule has 0 aromatic heterocycles. The Hall–Kier alpha value is -0.120. The maximum absolute atomic E-state index is 5.56. The van der Waals surface area contributed by atoms with Crippen molar-refractivity contribution in [1.82, 2.24) is 0 Å². The summed E-state index contributed by atoms with van der Waals surface area (Å²) in [5.74, 6) is 0. The molecule has 0 bridgehead atoms. The summed E-state index contributed by atoms with van der Waals surface area (Å²) in [5, 5.41) is 0. The molecular weight excluding hydrogens is 130 g/mol. The van der Waals surface area contributed by atoms with Crippen LogP contribution in [-0.2, 0) is 9.47 Å². The molecule has 0 aromatic carbocycles. The van der Waals surface area contributed by atoms with Crippen LogP contribution in [0.15, 0.2) is 0 Å². The zero-order valence-electron chi connectivity index (χ0n) is 6.96. The predicted octanol–water partition coefficient (Wildman–Crippen LogP) is 1.08. The van der Waals surface area contributed by atoms with Gasteiger partial charge in [0.25, 0.3) is 0 Å². The van der Waals surface area contributed by atoms with Crippen molar-refractivity contribution in [3.63, 3.8) is 0 Å². The van der Waals surface area contributed by atoms with Crippen molar-refractivity contribution in [1.29, 1.82) is 0 Å². The SMILES string of the molecule is CCCC(N)OC(C)OC. The van der Waals surface area contributed by atoms with Crippen molar-refractivity contribution in [2.45, 2.75) is 39.2 Å². The third kappa shape index (κ3) is 4.73. The van der Waals surface area contributed by atoms with Crippen molar-refractivity contribution < 1.29 is 9.47 Å². The highest BCUT2D eigenvalue weighted by atomic mass is 16.7. The molecule has 0 aliphatic carbocycles. The largest absolute Gasteiger partial charge is 0.356 e. The highest BCUT2D eigenvalue weighted by Gasteiger charge is 2.05. The van der Waals surface area contributed by atoms with Crippen molar-refractivity contribution >= 4 is 0 Å². The van der Waals surface area contributed by atoms with E-state index < -0.39 is 0 Å². The minimum absolute atomic E-state index is 0.181. The van der Waals surface area contributed by atoms with E-state index in [1.54, 1.807) is 7.11 Å². The first-order valence-electron chi connectivity index (χ1n) is 3.64. The summed E-state index contributed by atoms with van der Waals surface area (Å²) in [6, 6.07) is 0. The van der Waals surface area contributed by atoms with Gasteiger partial charge in [0.2, 0.25) is 0 Å². The average Bonchev–Trinajstić information content (AvgIpc) is 1.88. The Morgan fingerprint density at radius 1 is 1.50 bits per heavy atom. The third-order valence-electron chi connectivity index (χ3n) is 1.27. The van der Waals surface area contributed by atoms with Crippen LogP contribution in [0.1, 0.15) is 26.7 Å². The second kappa shape index (κ2) is 5.65. The van der Waals surface area contributed by atoms with Crippen molar-refractivity contribution in [3.05, 3.63) is 0 Å². The van der Waals surface area contributed by atoms with E-state index in [2.05, 4.69) is 6.92 Å². The minimum atomic E-state index is -0.193. The number of nitrogens with two attached hydrogens (primary N) is 1. The monoisotopic (exact) mass is 147 g/mol. The van der Waals surface area contributed by atoms with Crippen LogP contribution in [0.3, 0.4) is 0 Å². The second-order valence-corrected chi connectivity index (χ2v) is 2.27. The molecule has 0 fully saturated rings. The normalized spacial score (nSPS) is 16.8. The summed E-state index contributed by atoms with van der Waals surface area (Å²) in [6.07, 6.45) is 1.55. The molecule has 3 nitrogen and oxygen atoms in total. The topological polar surface area (TPSA) is 44.5 Å². The Balaban J connectivity index is 3.27. The van der Waals surface area contributed by atoms with Crippen molar-refractivity contribution in [2.24, 2.45) is 5.73 Å². The molecule has 0 radical (unpaired) electrons. The van der Waals surface area contributed by atoms with Gasteiger partial charge in [-0.2, -0.15) is 0 Å². The zero-order valence-corrected chi connectivity index (χ0v) is 6.96. The number of methoxy groups -OCH3 is 1. The van der Waals surface area contributed by atoms with Crippen LogP contribution in [0, 0.1) is 0 Å². The van der Waals surface area contributed by atoms with Crippen molar-refractivity contribution in [3.8, 4) is 0 Å². The van der Waals surface area contributed by atoms with Crippen LogP contribution in [0.4, 0.5) is 0 Å². The summed E-state index contributed by atoms with van der Waals surface area (Å²) in [4.78, 5) is 0. The third-order valence-corrected chi connectivity index (χ3v) is 1.27. The van der Waals surface area contributed by atoms with E-state index in [1.165, 1.54) is 0 Å². The van der Waals surface area contributed by atoms with Gasteiger partial charge in [-0.25, -0.2) is 0 Å². The maximum Gasteiger partial charge on any atom is 0.156 e. The predicted molar refractivity (Wildman–Crippen MR) is 40.4 cm³/mol. The van der Waals surface area contributed by atoms with Crippen LogP contribution in [0.2, 0.25) is 0 Å². The fourth-order valence-electron chi connectivity index (χ4n) is 0.654. The fraction of sp³-hybridized carbons (Fsp3) is 1.00. The zero-order chi connectivity index (χ0) is 7.98. The van der Waals surface area contributed by atoms with Gasteiger partial charge in [-0.1, -0.05) is 13.3 Å². The molecule has 2 unspecified atom stereocenters. The van der Waals surface area contributed by atoms with Crippen LogP contribution in [0.25, 0.3) is 0 Å². The molecule has 2 atom stereocenters. The quantitative estimate of drug-likeness (QED) is 0.592. The number of hydrogen-bond acceptors (Lipinski definition) is 3. The lowest BCUT2D eigenvalue weighted by atomic mass is 10.3. The first kappa shape index (κ1) is 9.88. The lowest BCUT2D eigenvalue weighted by molar-refractivity contribution is -0.143. The lowest BCUT2D eigenvalue weighted by Gasteiger charge is -2.16. The molecule has 2 N–H and O–H groups in total. The number of ether oxygens (including phenoxy) is 2. The van der Waals surface area contributed by atoms with Gasteiger partial charge in [0.15, 0.2) is 6.29 Å².